The van der Waals surface area contributed by atoms with Crippen LogP contribution in [0.3, 0.4) is 0 Å². The minimum absolute atomic E-state index is 0.0952. The number of hydrogen-bond donors (Lipinski definition) is 2. The van der Waals surface area contributed by atoms with Crippen LogP contribution in [0.1, 0.15) is 47.2 Å². The number of nitrogens with one attached hydrogen (secondary N) is 2. The summed E-state index contributed by atoms with van der Waals surface area (Å²) in [6, 6.07) is 10.1. The van der Waals surface area contributed by atoms with Gasteiger partial charge in [0.1, 0.15) is 5.84 Å². The fraction of sp³-hybridized carbons (Fsp3) is 0.333. The van der Waals surface area contributed by atoms with Gasteiger partial charge in [0.25, 0.3) is 15.9 Å². The van der Waals surface area contributed by atoms with Gasteiger partial charge in [0.2, 0.25) is 0 Å². The molecule has 0 spiro atoms. The van der Waals surface area contributed by atoms with E-state index in [1.165, 1.54) is 12.1 Å². The van der Waals surface area contributed by atoms with Crippen molar-refractivity contribution in [2.45, 2.75) is 44.4 Å². The molecule has 6 nitrogen and oxygen atoms in total. The topological polar surface area (TPSA) is 87.6 Å². The molecule has 2 N–H and O–H groups in total. The number of hydrogen-bond acceptors (Lipinski definition) is 4. The summed E-state index contributed by atoms with van der Waals surface area (Å²) in [5.41, 5.74) is 2.94. The Kier molecular flexibility index (Phi) is 6.94. The summed E-state index contributed by atoms with van der Waals surface area (Å²) in [5, 5.41) is 2.81. The van der Waals surface area contributed by atoms with Gasteiger partial charge in [-0.25, -0.2) is 8.42 Å². The van der Waals surface area contributed by atoms with Crippen LogP contribution in [0.4, 0.5) is 5.69 Å². The number of amidine groups is 1. The molecule has 1 aliphatic heterocycles. The molecule has 0 saturated heterocycles. The summed E-state index contributed by atoms with van der Waals surface area (Å²) >= 11 is 2.18. The Bertz CT molecular complexity index is 1060. The summed E-state index contributed by atoms with van der Waals surface area (Å²) in [6.45, 7) is 4.50. The van der Waals surface area contributed by atoms with Gasteiger partial charge in [-0.1, -0.05) is 12.5 Å². The molecule has 0 atom stereocenters. The minimum Gasteiger partial charge on any atom is -0.322 e. The van der Waals surface area contributed by atoms with Gasteiger partial charge < -0.3 is 5.32 Å². The molecule has 1 heterocycles. The first-order chi connectivity index (χ1) is 13.8. The second kappa shape index (κ2) is 9.25. The van der Waals surface area contributed by atoms with Crippen LogP contribution >= 0.6 is 22.6 Å². The van der Waals surface area contributed by atoms with E-state index in [0.29, 0.717) is 30.1 Å². The highest BCUT2D eigenvalue weighted by atomic mass is 127. The van der Waals surface area contributed by atoms with E-state index < -0.39 is 10.0 Å². The third-order valence-electron chi connectivity index (χ3n) is 4.91. The third kappa shape index (κ3) is 5.57. The van der Waals surface area contributed by atoms with E-state index in [9.17, 15) is 13.2 Å². The zero-order chi connectivity index (χ0) is 21.0. The summed E-state index contributed by atoms with van der Waals surface area (Å²) in [5.74, 6) is 0.238. The molecule has 0 bridgehead atoms. The predicted octanol–water partition coefficient (Wildman–Crippen LogP) is 4.41. The maximum Gasteiger partial charge on any atom is 0.262 e. The van der Waals surface area contributed by atoms with Gasteiger partial charge in [0.05, 0.1) is 4.90 Å². The number of anilines is 1. The second-order valence-corrected chi connectivity index (χ2v) is 10.0. The number of nitrogens with zero attached hydrogens (tertiary/aromatic N) is 1. The lowest BCUT2D eigenvalue weighted by Crippen LogP contribution is -2.30. The van der Waals surface area contributed by atoms with Crippen LogP contribution in [0.15, 0.2) is 46.3 Å². The van der Waals surface area contributed by atoms with E-state index in [2.05, 4.69) is 37.6 Å². The van der Waals surface area contributed by atoms with Crippen molar-refractivity contribution < 1.29 is 13.2 Å². The van der Waals surface area contributed by atoms with Gasteiger partial charge >= 0.3 is 0 Å². The van der Waals surface area contributed by atoms with Gasteiger partial charge in [-0.15, -0.1) is 0 Å². The molecule has 0 fully saturated rings. The highest BCUT2D eigenvalue weighted by molar-refractivity contribution is 14.1. The monoisotopic (exact) mass is 525 g/mol. The van der Waals surface area contributed by atoms with Crippen molar-refractivity contribution in [1.29, 1.82) is 0 Å². The molecule has 0 unspecified atom stereocenters. The first-order valence-corrected chi connectivity index (χ1v) is 12.1. The molecule has 0 aliphatic carbocycles. The van der Waals surface area contributed by atoms with E-state index in [1.807, 2.05) is 26.0 Å². The third-order valence-corrected chi connectivity index (χ3v) is 6.91. The van der Waals surface area contributed by atoms with Crippen LogP contribution in [0.5, 0.6) is 0 Å². The number of sulfonamides is 1. The lowest BCUT2D eigenvalue weighted by Gasteiger charge is -2.13. The van der Waals surface area contributed by atoms with E-state index in [0.717, 1.165) is 34.0 Å². The van der Waals surface area contributed by atoms with Gasteiger partial charge in [-0.3, -0.25) is 14.5 Å². The molecule has 29 heavy (non-hydrogen) atoms. The number of aryl methyl sites for hydroxylation is 1. The van der Waals surface area contributed by atoms with E-state index in [4.69, 9.17) is 0 Å². The molecule has 154 valence electrons. The Hall–Kier alpha value is -1.94. The summed E-state index contributed by atoms with van der Waals surface area (Å²) in [7, 11) is -3.75. The number of carbonyl (C=O) groups is 1. The fourth-order valence-corrected chi connectivity index (χ4v) is 5.08. The maximum absolute atomic E-state index is 12.8. The number of carbonyl (C=O) groups excluding carboxylic acids is 1. The first-order valence-electron chi connectivity index (χ1n) is 9.50. The van der Waals surface area contributed by atoms with E-state index in [1.54, 1.807) is 12.1 Å². The van der Waals surface area contributed by atoms with Crippen LogP contribution in [0.25, 0.3) is 0 Å². The van der Waals surface area contributed by atoms with E-state index >= 15 is 0 Å². The first kappa shape index (κ1) is 21.8. The molecule has 0 saturated carbocycles. The highest BCUT2D eigenvalue weighted by Gasteiger charge is 2.19. The molecular formula is C21H24IN3O3S. The van der Waals surface area contributed by atoms with Crippen molar-refractivity contribution in [2.75, 3.05) is 11.9 Å². The van der Waals surface area contributed by atoms with Crippen molar-refractivity contribution in [1.82, 2.24) is 4.72 Å². The van der Waals surface area contributed by atoms with Crippen molar-refractivity contribution >= 4 is 50.0 Å². The Morgan fingerprint density at radius 3 is 2.69 bits per heavy atom. The normalized spacial score (nSPS) is 14.7. The van der Waals surface area contributed by atoms with Crippen molar-refractivity contribution in [3.8, 4) is 0 Å². The number of aliphatic imine (C=N–C) groups is 1. The number of rotatable bonds is 4. The number of benzene rings is 2. The Labute approximate surface area is 185 Å². The molecule has 0 radical (unpaired) electrons. The van der Waals surface area contributed by atoms with Crippen LogP contribution < -0.4 is 10.0 Å². The van der Waals surface area contributed by atoms with Crippen LogP contribution in [0, 0.1) is 17.4 Å². The number of amides is 1. The smallest absolute Gasteiger partial charge is 0.262 e. The summed E-state index contributed by atoms with van der Waals surface area (Å²) < 4.78 is 29.1. The second-order valence-electron chi connectivity index (χ2n) is 7.12. The average Bonchev–Trinajstić information content (AvgIpc) is 2.93. The number of halogens is 1. The molecule has 1 aliphatic rings. The minimum atomic E-state index is -3.75. The molecule has 2 aromatic rings. The lowest BCUT2D eigenvalue weighted by molar-refractivity contribution is 0.102. The Morgan fingerprint density at radius 1 is 1.10 bits per heavy atom. The van der Waals surface area contributed by atoms with Gasteiger partial charge in [-0.05, 0) is 90.7 Å². The molecule has 0 aromatic heterocycles. The highest BCUT2D eigenvalue weighted by Crippen LogP contribution is 2.21. The molecule has 2 aromatic carbocycles. The van der Waals surface area contributed by atoms with E-state index in [-0.39, 0.29) is 10.8 Å². The SMILES string of the molecule is Cc1cc(I)cc(C(=O)Nc2cccc(S(=O)(=O)NC3=NCCCCC3)c2)c1C. The quantitative estimate of drug-likeness (QED) is 0.580. The van der Waals surface area contributed by atoms with Crippen molar-refractivity contribution in [3.63, 3.8) is 0 Å². The predicted molar refractivity (Wildman–Crippen MR) is 124 cm³/mol. The van der Waals surface area contributed by atoms with Crippen molar-refractivity contribution in [2.24, 2.45) is 4.99 Å². The van der Waals surface area contributed by atoms with Gasteiger partial charge in [0.15, 0.2) is 0 Å². The van der Waals surface area contributed by atoms with Gasteiger partial charge in [0, 0.05) is 27.8 Å². The Morgan fingerprint density at radius 2 is 1.90 bits per heavy atom. The molecular weight excluding hydrogens is 501 g/mol. The summed E-state index contributed by atoms with van der Waals surface area (Å²) in [4.78, 5) is 17.2. The van der Waals surface area contributed by atoms with Crippen LogP contribution in [-0.4, -0.2) is 26.7 Å². The zero-order valence-electron chi connectivity index (χ0n) is 16.5. The summed E-state index contributed by atoms with van der Waals surface area (Å²) in [6.07, 6.45) is 3.57. The molecule has 8 heteroatoms. The largest absolute Gasteiger partial charge is 0.322 e. The standard InChI is InChI=1S/C21H24IN3O3S/c1-14-11-16(22)12-19(15(14)2)21(26)24-17-7-6-8-18(13-17)29(27,28)25-20-9-4-3-5-10-23-20/h6-8,11-13H,3-5,9-10H2,1-2H3,(H,23,25)(H,24,26). The van der Waals surface area contributed by atoms with Crippen LogP contribution in [0.2, 0.25) is 0 Å². The lowest BCUT2D eigenvalue weighted by atomic mass is 10.0. The van der Waals surface area contributed by atoms with Crippen LogP contribution in [-0.2, 0) is 10.0 Å². The average molecular weight is 525 g/mol. The molecule has 3 rings (SSSR count). The maximum atomic E-state index is 12.8. The Balaban J connectivity index is 1.80. The van der Waals surface area contributed by atoms with Gasteiger partial charge in [-0.2, -0.15) is 0 Å². The fourth-order valence-electron chi connectivity index (χ4n) is 3.16. The zero-order valence-corrected chi connectivity index (χ0v) is 19.4. The molecule has 1 amide bonds. The van der Waals surface area contributed by atoms with Crippen molar-refractivity contribution in [3.05, 3.63) is 56.7 Å².